The summed E-state index contributed by atoms with van der Waals surface area (Å²) in [6, 6.07) is 17.6. The number of hydrogen-bond donors (Lipinski definition) is 1. The second-order valence-electron chi connectivity index (χ2n) is 9.62. The number of benzene rings is 2. The van der Waals surface area contributed by atoms with E-state index in [9.17, 15) is 4.79 Å². The number of aromatic nitrogens is 1. The van der Waals surface area contributed by atoms with Gasteiger partial charge in [0.1, 0.15) is 0 Å². The Morgan fingerprint density at radius 3 is 2.68 bits per heavy atom. The van der Waals surface area contributed by atoms with Crippen LogP contribution >= 0.6 is 11.3 Å². The molecule has 1 N–H and O–H groups in total. The van der Waals surface area contributed by atoms with Crippen molar-refractivity contribution in [1.82, 2.24) is 4.57 Å². The standard InChI is InChI=1S/C27H26N2OS/c1-4-29-21-9-6-5-8-16(21)17-12-19-18(13-22(17)29)25(24-10-7-11-31-24)26-20(28-19)14-27(2,3)15-23(26)30/h5-13,25,28H,4,14-15H2,1-3H3. The lowest BCUT2D eigenvalue weighted by Gasteiger charge is -2.39. The summed E-state index contributed by atoms with van der Waals surface area (Å²) in [6.45, 7) is 7.52. The topological polar surface area (TPSA) is 34.0 Å². The number of hydrogen-bond acceptors (Lipinski definition) is 3. The number of para-hydroxylation sites is 1. The smallest absolute Gasteiger partial charge is 0.162 e. The van der Waals surface area contributed by atoms with E-state index >= 15 is 0 Å². The molecule has 0 bridgehead atoms. The van der Waals surface area contributed by atoms with Gasteiger partial charge in [-0.25, -0.2) is 0 Å². The van der Waals surface area contributed by atoms with Crippen molar-refractivity contribution in [3.05, 3.63) is 75.6 Å². The Kier molecular flexibility index (Phi) is 4.00. The molecule has 1 unspecified atom stereocenters. The first-order chi connectivity index (χ1) is 15.0. The average Bonchev–Trinajstić information content (AvgIpc) is 3.36. The van der Waals surface area contributed by atoms with Gasteiger partial charge in [-0.2, -0.15) is 0 Å². The van der Waals surface area contributed by atoms with Gasteiger partial charge in [-0.05, 0) is 54.0 Å². The third-order valence-corrected chi connectivity index (χ3v) is 7.83. The lowest BCUT2D eigenvalue weighted by molar-refractivity contribution is -0.118. The quantitative estimate of drug-likeness (QED) is 0.372. The van der Waals surface area contributed by atoms with E-state index in [1.54, 1.807) is 11.3 Å². The minimum Gasteiger partial charge on any atom is -0.358 e. The van der Waals surface area contributed by atoms with E-state index in [0.717, 1.165) is 29.9 Å². The zero-order valence-corrected chi connectivity index (χ0v) is 19.0. The molecular weight excluding hydrogens is 400 g/mol. The van der Waals surface area contributed by atoms with Crippen LogP contribution < -0.4 is 5.32 Å². The molecule has 1 aliphatic carbocycles. The molecule has 1 atom stereocenters. The van der Waals surface area contributed by atoms with Gasteiger partial charge in [0.25, 0.3) is 0 Å². The molecule has 2 aliphatic rings. The van der Waals surface area contributed by atoms with Crippen molar-refractivity contribution in [2.24, 2.45) is 5.41 Å². The highest BCUT2D eigenvalue weighted by molar-refractivity contribution is 7.10. The second kappa shape index (κ2) is 6.57. The molecule has 3 nitrogen and oxygen atoms in total. The molecular formula is C27H26N2OS. The highest BCUT2D eigenvalue weighted by Gasteiger charge is 2.41. The molecule has 0 amide bonds. The van der Waals surface area contributed by atoms with E-state index in [-0.39, 0.29) is 11.3 Å². The summed E-state index contributed by atoms with van der Waals surface area (Å²) in [7, 11) is 0. The van der Waals surface area contributed by atoms with Crippen molar-refractivity contribution < 1.29 is 4.79 Å². The Morgan fingerprint density at radius 2 is 1.90 bits per heavy atom. The van der Waals surface area contributed by atoms with Gasteiger partial charge >= 0.3 is 0 Å². The molecule has 0 spiro atoms. The van der Waals surface area contributed by atoms with E-state index in [1.165, 1.54) is 32.2 Å². The molecule has 2 aromatic heterocycles. The normalized spacial score (nSPS) is 20.1. The van der Waals surface area contributed by atoms with Gasteiger partial charge in [0.15, 0.2) is 5.78 Å². The van der Waals surface area contributed by atoms with Gasteiger partial charge in [0, 0.05) is 56.6 Å². The van der Waals surface area contributed by atoms with Crippen LogP contribution in [0.5, 0.6) is 0 Å². The maximum Gasteiger partial charge on any atom is 0.162 e. The number of nitrogens with zero attached hydrogens (tertiary/aromatic N) is 1. The number of carbonyl (C=O) groups is 1. The van der Waals surface area contributed by atoms with Gasteiger partial charge in [-0.1, -0.05) is 38.1 Å². The Bertz CT molecular complexity index is 1390. The number of aryl methyl sites for hydroxylation is 1. The number of Topliss-reactive ketones (excluding diaryl/α,β-unsaturated/α-hetero) is 1. The van der Waals surface area contributed by atoms with Crippen LogP contribution in [0.1, 0.15) is 50.0 Å². The van der Waals surface area contributed by atoms with Crippen LogP contribution in [-0.4, -0.2) is 10.4 Å². The van der Waals surface area contributed by atoms with Crippen molar-refractivity contribution >= 4 is 44.6 Å². The number of allylic oxidation sites excluding steroid dienone is 2. The van der Waals surface area contributed by atoms with Crippen LogP contribution in [0.2, 0.25) is 0 Å². The third kappa shape index (κ3) is 2.74. The molecule has 1 aliphatic heterocycles. The maximum absolute atomic E-state index is 13.4. The van der Waals surface area contributed by atoms with Crippen LogP contribution in [0.15, 0.2) is 65.2 Å². The van der Waals surface area contributed by atoms with Gasteiger partial charge in [0.2, 0.25) is 0 Å². The molecule has 4 heteroatoms. The number of nitrogens with one attached hydrogen (secondary N) is 1. The number of rotatable bonds is 2. The van der Waals surface area contributed by atoms with Crippen LogP contribution in [-0.2, 0) is 11.3 Å². The summed E-state index contributed by atoms with van der Waals surface area (Å²) in [4.78, 5) is 14.6. The summed E-state index contributed by atoms with van der Waals surface area (Å²) >= 11 is 1.75. The molecule has 156 valence electrons. The zero-order chi connectivity index (χ0) is 21.3. The molecule has 4 aromatic rings. The Labute approximate surface area is 186 Å². The minimum absolute atomic E-state index is 0.0112. The highest BCUT2D eigenvalue weighted by atomic mass is 32.1. The van der Waals surface area contributed by atoms with Gasteiger partial charge in [-0.15, -0.1) is 11.3 Å². The van der Waals surface area contributed by atoms with Crippen LogP contribution in [0, 0.1) is 5.41 Å². The fraction of sp³-hybridized carbons (Fsp3) is 0.296. The second-order valence-corrected chi connectivity index (χ2v) is 10.6. The Morgan fingerprint density at radius 1 is 1.06 bits per heavy atom. The number of ketones is 1. The lowest BCUT2D eigenvalue weighted by atomic mass is 9.70. The zero-order valence-electron chi connectivity index (χ0n) is 18.2. The maximum atomic E-state index is 13.4. The molecule has 0 fully saturated rings. The first-order valence-corrected chi connectivity index (χ1v) is 12.0. The monoisotopic (exact) mass is 426 g/mol. The number of fused-ring (bicyclic) bond motifs is 4. The van der Waals surface area contributed by atoms with Crippen molar-refractivity contribution in [3.63, 3.8) is 0 Å². The molecule has 0 saturated carbocycles. The molecule has 2 aromatic carbocycles. The summed E-state index contributed by atoms with van der Waals surface area (Å²) in [6.07, 6.45) is 1.52. The van der Waals surface area contributed by atoms with Gasteiger partial charge in [0.05, 0.1) is 5.92 Å². The molecule has 6 rings (SSSR count). The Hall–Kier alpha value is -2.85. The van der Waals surface area contributed by atoms with E-state index in [2.05, 4.69) is 84.6 Å². The number of carbonyl (C=O) groups excluding carboxylic acids is 1. The predicted molar refractivity (Wildman–Crippen MR) is 130 cm³/mol. The molecule has 3 heterocycles. The van der Waals surface area contributed by atoms with Crippen LogP contribution in [0.3, 0.4) is 0 Å². The van der Waals surface area contributed by atoms with Crippen molar-refractivity contribution in [3.8, 4) is 0 Å². The Balaban J connectivity index is 1.66. The summed E-state index contributed by atoms with van der Waals surface area (Å²) in [5.41, 5.74) is 6.97. The number of thiophene rings is 1. The van der Waals surface area contributed by atoms with Gasteiger partial charge < -0.3 is 9.88 Å². The van der Waals surface area contributed by atoms with E-state index in [4.69, 9.17) is 0 Å². The van der Waals surface area contributed by atoms with Crippen molar-refractivity contribution in [1.29, 1.82) is 0 Å². The van der Waals surface area contributed by atoms with Crippen molar-refractivity contribution in [2.45, 2.75) is 46.1 Å². The highest BCUT2D eigenvalue weighted by Crippen LogP contribution is 2.51. The van der Waals surface area contributed by atoms with E-state index in [1.807, 2.05) is 0 Å². The number of anilines is 1. The van der Waals surface area contributed by atoms with Crippen LogP contribution in [0.25, 0.3) is 21.8 Å². The summed E-state index contributed by atoms with van der Waals surface area (Å²) < 4.78 is 2.39. The fourth-order valence-corrected chi connectivity index (χ4v) is 6.50. The SMILES string of the molecule is CCn1c2ccccc2c2cc3c(cc21)C(c1cccs1)C1=C(CC(C)(C)CC1=O)N3. The third-order valence-electron chi connectivity index (χ3n) is 6.89. The molecule has 31 heavy (non-hydrogen) atoms. The lowest BCUT2D eigenvalue weighted by Crippen LogP contribution is -2.33. The molecule has 0 radical (unpaired) electrons. The van der Waals surface area contributed by atoms with E-state index in [0.29, 0.717) is 12.2 Å². The minimum atomic E-state index is -0.0112. The first-order valence-electron chi connectivity index (χ1n) is 11.1. The predicted octanol–water partition coefficient (Wildman–Crippen LogP) is 7.08. The first kappa shape index (κ1) is 18.9. The van der Waals surface area contributed by atoms with Gasteiger partial charge in [-0.3, -0.25) is 4.79 Å². The van der Waals surface area contributed by atoms with Crippen molar-refractivity contribution in [2.75, 3.05) is 5.32 Å². The molecule has 0 saturated heterocycles. The van der Waals surface area contributed by atoms with Crippen LogP contribution in [0.4, 0.5) is 5.69 Å². The summed E-state index contributed by atoms with van der Waals surface area (Å²) in [5.74, 6) is 0.307. The average molecular weight is 427 g/mol. The summed E-state index contributed by atoms with van der Waals surface area (Å²) in [5, 5.41) is 8.40. The fourth-order valence-electron chi connectivity index (χ4n) is 5.65. The largest absolute Gasteiger partial charge is 0.358 e. The van der Waals surface area contributed by atoms with E-state index < -0.39 is 0 Å².